The van der Waals surface area contributed by atoms with Crippen molar-refractivity contribution in [3.8, 4) is 6.07 Å². The van der Waals surface area contributed by atoms with Crippen LogP contribution in [0, 0.1) is 18.3 Å². The van der Waals surface area contributed by atoms with E-state index in [1.54, 1.807) is 4.90 Å². The number of aromatic nitrogens is 2. The third-order valence-electron chi connectivity index (χ3n) is 5.35. The average Bonchev–Trinajstić information content (AvgIpc) is 3.06. The third kappa shape index (κ3) is 3.41. The number of hydrogen-bond acceptors (Lipinski definition) is 3. The number of imidazole rings is 1. The summed E-state index contributed by atoms with van der Waals surface area (Å²) in [5.74, 6) is 1.03. The Morgan fingerprint density at radius 3 is 2.70 bits per heavy atom. The van der Waals surface area contributed by atoms with Crippen LogP contribution < -0.4 is 10.2 Å². The average molecular weight is 363 g/mol. The number of likely N-dealkylation sites (N-methyl/N-ethyl adjacent to an activating group) is 1. The minimum atomic E-state index is 0.642. The predicted octanol–water partition coefficient (Wildman–Crippen LogP) is 2.73. The van der Waals surface area contributed by atoms with Crippen molar-refractivity contribution in [1.29, 1.82) is 5.26 Å². The van der Waals surface area contributed by atoms with Gasteiger partial charge in [0.05, 0.1) is 42.8 Å². The Bertz CT molecular complexity index is 1010. The van der Waals surface area contributed by atoms with Gasteiger partial charge in [0.2, 0.25) is 0 Å². The number of allylic oxidation sites excluding steroid dienone is 1. The van der Waals surface area contributed by atoms with Gasteiger partial charge in [-0.3, -0.25) is 4.40 Å². The molecule has 0 fully saturated rings. The zero-order valence-corrected chi connectivity index (χ0v) is 16.5. The first kappa shape index (κ1) is 18.9. The van der Waals surface area contributed by atoms with Gasteiger partial charge in [-0.15, -0.1) is 6.58 Å². The van der Waals surface area contributed by atoms with Crippen LogP contribution in [-0.2, 0) is 6.42 Å². The minimum absolute atomic E-state index is 0.642. The standard InChI is InChI=1S/C22H27N5/c1-5-10-17-16(4)18(15-23)22-25-19-11-8-9-12-20(19)27(22)21(17)24-13-14-26(6-2)7-3/h5,8-9,11-12,24H,1,6-7,10,13-14H2,2-4H3/p+1. The van der Waals surface area contributed by atoms with Crippen LogP contribution in [0.1, 0.15) is 30.5 Å². The van der Waals surface area contributed by atoms with Crippen LogP contribution in [0.3, 0.4) is 0 Å². The van der Waals surface area contributed by atoms with Crippen LogP contribution in [0.4, 0.5) is 5.82 Å². The Hall–Kier alpha value is -2.84. The van der Waals surface area contributed by atoms with Crippen molar-refractivity contribution < 1.29 is 4.90 Å². The molecule has 0 radical (unpaired) electrons. The van der Waals surface area contributed by atoms with Crippen LogP contribution in [0.15, 0.2) is 36.9 Å². The molecule has 3 aromatic rings. The normalized spacial score (nSPS) is 11.2. The number of nitrogens with zero attached hydrogens (tertiary/aromatic N) is 3. The monoisotopic (exact) mass is 362 g/mol. The Morgan fingerprint density at radius 1 is 1.30 bits per heavy atom. The molecule has 2 N–H and O–H groups in total. The molecule has 2 heterocycles. The molecule has 0 aliphatic rings. The SMILES string of the molecule is C=CCc1c(C)c(C#N)c2nc3ccccc3n2c1NCC[NH+](CC)CC. The van der Waals surface area contributed by atoms with E-state index in [4.69, 9.17) is 4.98 Å². The van der Waals surface area contributed by atoms with E-state index in [-0.39, 0.29) is 0 Å². The number of hydrogen-bond donors (Lipinski definition) is 2. The lowest BCUT2D eigenvalue weighted by Crippen LogP contribution is -3.12. The number of para-hydroxylation sites is 2. The van der Waals surface area contributed by atoms with Gasteiger partial charge < -0.3 is 10.2 Å². The molecule has 5 nitrogen and oxygen atoms in total. The lowest BCUT2D eigenvalue weighted by molar-refractivity contribution is -0.894. The summed E-state index contributed by atoms with van der Waals surface area (Å²) in [6, 6.07) is 10.4. The number of nitriles is 1. The molecule has 140 valence electrons. The van der Waals surface area contributed by atoms with E-state index in [2.05, 4.69) is 42.3 Å². The van der Waals surface area contributed by atoms with Gasteiger partial charge in [-0.05, 0) is 44.9 Å². The zero-order valence-electron chi connectivity index (χ0n) is 16.5. The lowest BCUT2D eigenvalue weighted by atomic mass is 10.0. The summed E-state index contributed by atoms with van der Waals surface area (Å²) in [5, 5.41) is 13.4. The van der Waals surface area contributed by atoms with Crippen molar-refractivity contribution in [2.24, 2.45) is 0 Å². The highest BCUT2D eigenvalue weighted by atomic mass is 15.2. The molecule has 0 bridgehead atoms. The van der Waals surface area contributed by atoms with Crippen molar-refractivity contribution in [2.45, 2.75) is 27.2 Å². The molecule has 0 saturated heterocycles. The molecule has 0 aliphatic carbocycles. The highest BCUT2D eigenvalue weighted by Gasteiger charge is 2.20. The van der Waals surface area contributed by atoms with E-state index < -0.39 is 0 Å². The molecular formula is C22H28N5+. The number of rotatable bonds is 8. The van der Waals surface area contributed by atoms with Crippen LogP contribution in [0.2, 0.25) is 0 Å². The fourth-order valence-corrected chi connectivity index (χ4v) is 3.73. The molecule has 27 heavy (non-hydrogen) atoms. The molecule has 5 heteroatoms. The fraction of sp³-hybridized carbons (Fsp3) is 0.364. The Kier molecular flexibility index (Phi) is 5.78. The van der Waals surface area contributed by atoms with Gasteiger partial charge in [-0.2, -0.15) is 5.26 Å². The fourth-order valence-electron chi connectivity index (χ4n) is 3.73. The largest absolute Gasteiger partial charge is 0.365 e. The second kappa shape index (κ2) is 8.24. The molecular weight excluding hydrogens is 334 g/mol. The van der Waals surface area contributed by atoms with Crippen molar-refractivity contribution in [3.05, 3.63) is 53.6 Å². The summed E-state index contributed by atoms with van der Waals surface area (Å²) in [4.78, 5) is 6.31. The van der Waals surface area contributed by atoms with Gasteiger partial charge in [0, 0.05) is 5.56 Å². The summed E-state index contributed by atoms with van der Waals surface area (Å²) < 4.78 is 2.11. The van der Waals surface area contributed by atoms with Gasteiger partial charge in [-0.1, -0.05) is 18.2 Å². The van der Waals surface area contributed by atoms with E-state index in [9.17, 15) is 5.26 Å². The second-order valence-corrected chi connectivity index (χ2v) is 6.83. The van der Waals surface area contributed by atoms with Crippen molar-refractivity contribution >= 4 is 22.5 Å². The number of nitrogens with one attached hydrogen (secondary N) is 2. The molecule has 0 unspecified atom stereocenters. The predicted molar refractivity (Wildman–Crippen MR) is 111 cm³/mol. The summed E-state index contributed by atoms with van der Waals surface area (Å²) in [6.45, 7) is 14.5. The van der Waals surface area contributed by atoms with E-state index in [0.717, 1.165) is 59.8 Å². The first-order valence-electron chi connectivity index (χ1n) is 9.67. The highest BCUT2D eigenvalue weighted by molar-refractivity contribution is 5.86. The maximum absolute atomic E-state index is 9.78. The lowest BCUT2D eigenvalue weighted by Gasteiger charge is -2.20. The van der Waals surface area contributed by atoms with Crippen LogP contribution in [0.25, 0.3) is 16.7 Å². The van der Waals surface area contributed by atoms with E-state index in [0.29, 0.717) is 12.0 Å². The number of quaternary nitrogens is 1. The van der Waals surface area contributed by atoms with Crippen LogP contribution in [-0.4, -0.2) is 35.6 Å². The first-order valence-corrected chi connectivity index (χ1v) is 9.67. The molecule has 3 rings (SSSR count). The molecule has 0 spiro atoms. The molecule has 0 saturated carbocycles. The topological polar surface area (TPSA) is 57.6 Å². The Balaban J connectivity index is 2.20. The third-order valence-corrected chi connectivity index (χ3v) is 5.35. The summed E-state index contributed by atoms with van der Waals surface area (Å²) in [6.07, 6.45) is 2.61. The summed E-state index contributed by atoms with van der Waals surface area (Å²) >= 11 is 0. The minimum Gasteiger partial charge on any atom is -0.365 e. The molecule has 1 aromatic carbocycles. The van der Waals surface area contributed by atoms with Gasteiger partial charge in [0.25, 0.3) is 0 Å². The van der Waals surface area contributed by atoms with Crippen LogP contribution >= 0.6 is 0 Å². The maximum atomic E-state index is 9.78. The molecule has 0 amide bonds. The van der Waals surface area contributed by atoms with E-state index in [1.807, 2.05) is 31.2 Å². The Morgan fingerprint density at radius 2 is 2.04 bits per heavy atom. The van der Waals surface area contributed by atoms with E-state index in [1.165, 1.54) is 0 Å². The molecule has 0 aliphatic heterocycles. The number of benzene rings is 1. The number of fused-ring (bicyclic) bond motifs is 3. The zero-order chi connectivity index (χ0) is 19.4. The van der Waals surface area contributed by atoms with Crippen LogP contribution in [0.5, 0.6) is 0 Å². The number of pyridine rings is 1. The van der Waals surface area contributed by atoms with Gasteiger partial charge in [0.1, 0.15) is 11.9 Å². The highest BCUT2D eigenvalue weighted by Crippen LogP contribution is 2.31. The smallest absolute Gasteiger partial charge is 0.157 e. The second-order valence-electron chi connectivity index (χ2n) is 6.83. The maximum Gasteiger partial charge on any atom is 0.157 e. The van der Waals surface area contributed by atoms with Crippen molar-refractivity contribution in [2.75, 3.05) is 31.5 Å². The van der Waals surface area contributed by atoms with Crippen molar-refractivity contribution in [3.63, 3.8) is 0 Å². The summed E-state index contributed by atoms with van der Waals surface area (Å²) in [5.41, 5.74) is 5.39. The molecule has 2 aromatic heterocycles. The summed E-state index contributed by atoms with van der Waals surface area (Å²) in [7, 11) is 0. The number of anilines is 1. The van der Waals surface area contributed by atoms with Gasteiger partial charge in [0.15, 0.2) is 5.65 Å². The quantitative estimate of drug-likeness (QED) is 0.606. The molecule has 0 atom stereocenters. The van der Waals surface area contributed by atoms with E-state index >= 15 is 0 Å². The Labute approximate surface area is 160 Å². The first-order chi connectivity index (χ1) is 13.2. The van der Waals surface area contributed by atoms with Gasteiger partial charge >= 0.3 is 0 Å². The van der Waals surface area contributed by atoms with Gasteiger partial charge in [-0.25, -0.2) is 4.98 Å². The van der Waals surface area contributed by atoms with Crippen molar-refractivity contribution in [1.82, 2.24) is 9.38 Å².